The van der Waals surface area contributed by atoms with E-state index in [2.05, 4.69) is 4.98 Å². The summed E-state index contributed by atoms with van der Waals surface area (Å²) in [5.41, 5.74) is 6.41. The Balaban J connectivity index is 1.90. The Morgan fingerprint density at radius 1 is 1.00 bits per heavy atom. The standard InChI is InChI=1S/C20H18FN3O2/c21-16-8-4-7-15-9-10-17(23-19(15)16)20(26)24(12-11-18(22)25)13-14-5-2-1-3-6-14/h1-10H,11-13H2,(H2,22,25). The van der Waals surface area contributed by atoms with Crippen LogP contribution in [0.5, 0.6) is 0 Å². The van der Waals surface area contributed by atoms with E-state index in [0.29, 0.717) is 11.9 Å². The first-order chi connectivity index (χ1) is 12.5. The molecule has 2 amide bonds. The highest BCUT2D eigenvalue weighted by molar-refractivity contribution is 5.95. The third-order valence-corrected chi connectivity index (χ3v) is 4.02. The molecule has 2 aromatic carbocycles. The number of aromatic nitrogens is 1. The van der Waals surface area contributed by atoms with Gasteiger partial charge in [-0.15, -0.1) is 0 Å². The fourth-order valence-electron chi connectivity index (χ4n) is 2.69. The summed E-state index contributed by atoms with van der Waals surface area (Å²) >= 11 is 0. The van der Waals surface area contributed by atoms with Gasteiger partial charge in [-0.3, -0.25) is 9.59 Å². The molecule has 2 N–H and O–H groups in total. The highest BCUT2D eigenvalue weighted by Gasteiger charge is 2.19. The summed E-state index contributed by atoms with van der Waals surface area (Å²) in [6.45, 7) is 0.476. The van der Waals surface area contributed by atoms with Gasteiger partial charge in [0.1, 0.15) is 17.0 Å². The summed E-state index contributed by atoms with van der Waals surface area (Å²) < 4.78 is 14.0. The van der Waals surface area contributed by atoms with Crippen LogP contribution in [0.4, 0.5) is 4.39 Å². The quantitative estimate of drug-likeness (QED) is 0.742. The molecule has 1 aromatic heterocycles. The van der Waals surface area contributed by atoms with E-state index in [1.807, 2.05) is 30.3 Å². The van der Waals surface area contributed by atoms with Crippen molar-refractivity contribution in [1.82, 2.24) is 9.88 Å². The van der Waals surface area contributed by atoms with E-state index in [4.69, 9.17) is 5.73 Å². The molecule has 0 unspecified atom stereocenters. The molecule has 6 heteroatoms. The maximum absolute atomic E-state index is 14.0. The largest absolute Gasteiger partial charge is 0.370 e. The molecule has 0 aliphatic carbocycles. The van der Waals surface area contributed by atoms with E-state index in [1.165, 1.54) is 11.0 Å². The van der Waals surface area contributed by atoms with Crippen molar-refractivity contribution in [2.24, 2.45) is 5.73 Å². The van der Waals surface area contributed by atoms with Crippen LogP contribution in [0.2, 0.25) is 0 Å². The summed E-state index contributed by atoms with van der Waals surface area (Å²) in [5, 5.41) is 0.619. The number of primary amides is 1. The Labute approximate surface area is 150 Å². The lowest BCUT2D eigenvalue weighted by Gasteiger charge is -2.22. The van der Waals surface area contributed by atoms with E-state index < -0.39 is 11.7 Å². The Kier molecular flexibility index (Phi) is 5.22. The van der Waals surface area contributed by atoms with Gasteiger partial charge in [-0.25, -0.2) is 9.37 Å². The van der Waals surface area contributed by atoms with Crippen molar-refractivity contribution in [1.29, 1.82) is 0 Å². The molecular weight excluding hydrogens is 333 g/mol. The number of rotatable bonds is 6. The van der Waals surface area contributed by atoms with Crippen LogP contribution >= 0.6 is 0 Å². The second-order valence-electron chi connectivity index (χ2n) is 5.94. The molecule has 0 fully saturated rings. The van der Waals surface area contributed by atoms with Gasteiger partial charge < -0.3 is 10.6 Å². The molecule has 0 bridgehead atoms. The van der Waals surface area contributed by atoms with E-state index in [-0.39, 0.29) is 30.1 Å². The third-order valence-electron chi connectivity index (χ3n) is 4.02. The van der Waals surface area contributed by atoms with E-state index in [9.17, 15) is 14.0 Å². The van der Waals surface area contributed by atoms with Crippen LogP contribution in [-0.4, -0.2) is 28.2 Å². The van der Waals surface area contributed by atoms with Gasteiger partial charge in [-0.1, -0.05) is 48.5 Å². The Morgan fingerprint density at radius 3 is 2.50 bits per heavy atom. The molecule has 1 heterocycles. The lowest BCUT2D eigenvalue weighted by atomic mass is 10.1. The fraction of sp³-hybridized carbons (Fsp3) is 0.150. The minimum Gasteiger partial charge on any atom is -0.370 e. The lowest BCUT2D eigenvalue weighted by molar-refractivity contribution is -0.118. The zero-order chi connectivity index (χ0) is 18.5. The van der Waals surface area contributed by atoms with Gasteiger partial charge in [0.25, 0.3) is 5.91 Å². The number of amides is 2. The van der Waals surface area contributed by atoms with Crippen molar-refractivity contribution in [2.45, 2.75) is 13.0 Å². The maximum atomic E-state index is 14.0. The molecule has 0 saturated carbocycles. The Morgan fingerprint density at radius 2 is 1.77 bits per heavy atom. The first-order valence-corrected chi connectivity index (χ1v) is 8.21. The van der Waals surface area contributed by atoms with Gasteiger partial charge in [-0.05, 0) is 17.7 Å². The van der Waals surface area contributed by atoms with Crippen LogP contribution in [0.1, 0.15) is 22.5 Å². The smallest absolute Gasteiger partial charge is 0.272 e. The number of carbonyl (C=O) groups is 2. The lowest BCUT2D eigenvalue weighted by Crippen LogP contribution is -2.34. The molecule has 0 aliphatic heterocycles. The SMILES string of the molecule is NC(=O)CCN(Cc1ccccc1)C(=O)c1ccc2cccc(F)c2n1. The highest BCUT2D eigenvalue weighted by Crippen LogP contribution is 2.17. The molecule has 3 rings (SSSR count). The van der Waals surface area contributed by atoms with E-state index >= 15 is 0 Å². The summed E-state index contributed by atoms with van der Waals surface area (Å²) in [4.78, 5) is 29.7. The van der Waals surface area contributed by atoms with Gasteiger partial charge in [0.05, 0.1) is 0 Å². The molecule has 3 aromatic rings. The molecule has 0 radical (unpaired) electrons. The van der Waals surface area contributed by atoms with Crippen molar-refractivity contribution in [3.05, 3.63) is 77.7 Å². The first kappa shape index (κ1) is 17.5. The molecule has 26 heavy (non-hydrogen) atoms. The minimum atomic E-state index is -0.492. The summed E-state index contributed by atoms with van der Waals surface area (Å²) in [6.07, 6.45) is 0.0422. The third kappa shape index (κ3) is 4.03. The predicted molar refractivity (Wildman–Crippen MR) is 96.7 cm³/mol. The minimum absolute atomic E-state index is 0.0422. The number of pyridine rings is 1. The number of nitrogens with two attached hydrogens (primary N) is 1. The number of para-hydroxylation sites is 1. The van der Waals surface area contributed by atoms with Crippen molar-refractivity contribution in [2.75, 3.05) is 6.54 Å². The average Bonchev–Trinajstić information content (AvgIpc) is 2.65. The van der Waals surface area contributed by atoms with Crippen molar-refractivity contribution >= 4 is 22.7 Å². The Hall–Kier alpha value is -3.28. The average molecular weight is 351 g/mol. The predicted octanol–water partition coefficient (Wildman–Crippen LogP) is 2.89. The van der Waals surface area contributed by atoms with Crippen molar-refractivity contribution in [3.8, 4) is 0 Å². The molecule has 5 nitrogen and oxygen atoms in total. The monoisotopic (exact) mass is 351 g/mol. The number of nitrogens with zero attached hydrogens (tertiary/aromatic N) is 2. The van der Waals surface area contributed by atoms with Gasteiger partial charge in [0.2, 0.25) is 5.91 Å². The van der Waals surface area contributed by atoms with Gasteiger partial charge in [0, 0.05) is 24.9 Å². The van der Waals surface area contributed by atoms with Crippen molar-refractivity contribution < 1.29 is 14.0 Å². The number of hydrogen-bond acceptors (Lipinski definition) is 3. The van der Waals surface area contributed by atoms with Crippen LogP contribution in [-0.2, 0) is 11.3 Å². The molecule has 0 atom stereocenters. The molecule has 0 spiro atoms. The first-order valence-electron chi connectivity index (χ1n) is 8.21. The molecule has 0 saturated heterocycles. The fourth-order valence-corrected chi connectivity index (χ4v) is 2.69. The second kappa shape index (κ2) is 7.74. The van der Waals surface area contributed by atoms with Crippen LogP contribution in [0.15, 0.2) is 60.7 Å². The van der Waals surface area contributed by atoms with Crippen LogP contribution in [0, 0.1) is 5.82 Å². The zero-order valence-electron chi connectivity index (χ0n) is 14.1. The summed E-state index contributed by atoms with van der Waals surface area (Å²) in [5.74, 6) is -1.35. The number of carbonyl (C=O) groups excluding carboxylic acids is 2. The van der Waals surface area contributed by atoms with E-state index in [0.717, 1.165) is 5.56 Å². The summed E-state index contributed by atoms with van der Waals surface area (Å²) in [6, 6.07) is 17.2. The molecular formula is C20H18FN3O2. The van der Waals surface area contributed by atoms with E-state index in [1.54, 1.807) is 24.3 Å². The summed E-state index contributed by atoms with van der Waals surface area (Å²) in [7, 11) is 0. The maximum Gasteiger partial charge on any atom is 0.272 e. The van der Waals surface area contributed by atoms with Crippen LogP contribution < -0.4 is 5.73 Å². The highest BCUT2D eigenvalue weighted by atomic mass is 19.1. The molecule has 0 aliphatic rings. The number of fused-ring (bicyclic) bond motifs is 1. The zero-order valence-corrected chi connectivity index (χ0v) is 14.1. The second-order valence-corrected chi connectivity index (χ2v) is 5.94. The van der Waals surface area contributed by atoms with Gasteiger partial charge in [-0.2, -0.15) is 0 Å². The number of hydrogen-bond donors (Lipinski definition) is 1. The van der Waals surface area contributed by atoms with Crippen LogP contribution in [0.3, 0.4) is 0 Å². The van der Waals surface area contributed by atoms with Crippen LogP contribution in [0.25, 0.3) is 10.9 Å². The number of halogens is 1. The van der Waals surface area contributed by atoms with Gasteiger partial charge >= 0.3 is 0 Å². The van der Waals surface area contributed by atoms with Crippen molar-refractivity contribution in [3.63, 3.8) is 0 Å². The van der Waals surface area contributed by atoms with Gasteiger partial charge in [0.15, 0.2) is 0 Å². The molecule has 132 valence electrons. The Bertz CT molecular complexity index is 944. The topological polar surface area (TPSA) is 76.3 Å². The normalized spacial score (nSPS) is 10.7. The number of benzene rings is 2.